The number of ether oxygens (including phenoxy) is 1. The van der Waals surface area contributed by atoms with Crippen LogP contribution >= 0.6 is 0 Å². The molecule has 0 bridgehead atoms. The minimum atomic E-state index is -0.472. The van der Waals surface area contributed by atoms with E-state index >= 15 is 0 Å². The summed E-state index contributed by atoms with van der Waals surface area (Å²) in [6.07, 6.45) is -0.472. The Labute approximate surface area is 112 Å². The van der Waals surface area contributed by atoms with Crippen molar-refractivity contribution in [1.82, 2.24) is 10.1 Å². The summed E-state index contributed by atoms with van der Waals surface area (Å²) < 4.78 is 10.6. The highest BCUT2D eigenvalue weighted by Crippen LogP contribution is 2.18. The number of hydrogen-bond acceptors (Lipinski definition) is 5. The predicted octanol–water partition coefficient (Wildman–Crippen LogP) is 2.83. The Kier molecular flexibility index (Phi) is 4.16. The van der Waals surface area contributed by atoms with E-state index in [1.165, 1.54) is 0 Å². The van der Waals surface area contributed by atoms with Crippen LogP contribution in [0, 0.1) is 0 Å². The summed E-state index contributed by atoms with van der Waals surface area (Å²) in [5, 5.41) is 13.3. The van der Waals surface area contributed by atoms with Gasteiger partial charge in [0.15, 0.2) is 6.61 Å². The van der Waals surface area contributed by atoms with Crippen molar-refractivity contribution in [2.45, 2.75) is 39.4 Å². The molecule has 0 spiro atoms. The van der Waals surface area contributed by atoms with Gasteiger partial charge in [-0.15, -0.1) is 0 Å². The van der Waals surface area contributed by atoms with Gasteiger partial charge >= 0.3 is 0 Å². The summed E-state index contributed by atoms with van der Waals surface area (Å²) in [6.45, 7) is 5.98. The van der Waals surface area contributed by atoms with Gasteiger partial charge in [-0.25, -0.2) is 0 Å². The third kappa shape index (κ3) is 3.54. The smallest absolute Gasteiger partial charge is 0.229 e. The second-order valence-electron chi connectivity index (χ2n) is 4.74. The Balaban J connectivity index is 1.94. The Bertz CT molecular complexity index is 518. The first kappa shape index (κ1) is 13.5. The lowest BCUT2D eigenvalue weighted by atomic mass is 10.1. The zero-order valence-corrected chi connectivity index (χ0v) is 11.3. The number of aliphatic hydroxyl groups is 1. The summed E-state index contributed by atoms with van der Waals surface area (Å²) in [5.74, 6) is 2.07. The molecule has 2 aromatic rings. The third-order valence-corrected chi connectivity index (χ3v) is 2.71. The number of nitrogens with zero attached hydrogens (tertiary/aromatic N) is 2. The number of aromatic nitrogens is 2. The normalized spacial score (nSPS) is 12.7. The molecule has 0 radical (unpaired) electrons. The molecule has 5 heteroatoms. The van der Waals surface area contributed by atoms with Gasteiger partial charge in [0.2, 0.25) is 11.7 Å². The summed E-state index contributed by atoms with van der Waals surface area (Å²) in [6, 6.07) is 7.28. The predicted molar refractivity (Wildman–Crippen MR) is 69.8 cm³/mol. The van der Waals surface area contributed by atoms with Gasteiger partial charge in [-0.05, 0) is 24.6 Å². The van der Waals surface area contributed by atoms with Crippen molar-refractivity contribution < 1.29 is 14.4 Å². The van der Waals surface area contributed by atoms with Gasteiger partial charge in [0.25, 0.3) is 0 Å². The lowest BCUT2D eigenvalue weighted by molar-refractivity contribution is 0.199. The van der Waals surface area contributed by atoms with Gasteiger partial charge in [0.05, 0.1) is 6.10 Å². The summed E-state index contributed by atoms with van der Waals surface area (Å²) in [7, 11) is 0. The first-order chi connectivity index (χ1) is 9.06. The molecule has 5 nitrogen and oxygen atoms in total. The van der Waals surface area contributed by atoms with Crippen LogP contribution in [0.5, 0.6) is 5.75 Å². The van der Waals surface area contributed by atoms with Gasteiger partial charge in [-0.2, -0.15) is 4.98 Å². The average Bonchev–Trinajstić information content (AvgIpc) is 2.86. The SMILES string of the molecule is CC(C)c1nc(COc2ccc(C(C)O)cc2)no1. The van der Waals surface area contributed by atoms with Gasteiger partial charge in [-0.3, -0.25) is 0 Å². The molecule has 0 aliphatic carbocycles. The number of hydrogen-bond donors (Lipinski definition) is 1. The van der Waals surface area contributed by atoms with Crippen LogP contribution < -0.4 is 4.74 Å². The van der Waals surface area contributed by atoms with Gasteiger partial charge < -0.3 is 14.4 Å². The molecule has 1 heterocycles. The number of rotatable bonds is 5. The van der Waals surface area contributed by atoms with E-state index in [1.54, 1.807) is 6.92 Å². The summed E-state index contributed by atoms with van der Waals surface area (Å²) in [4.78, 5) is 4.23. The molecule has 1 aromatic carbocycles. The Morgan fingerprint density at radius 3 is 2.42 bits per heavy atom. The van der Waals surface area contributed by atoms with E-state index in [1.807, 2.05) is 38.1 Å². The molecule has 102 valence electrons. The van der Waals surface area contributed by atoms with Gasteiger partial charge in [0.1, 0.15) is 5.75 Å². The molecular weight excluding hydrogens is 244 g/mol. The van der Waals surface area contributed by atoms with Crippen LogP contribution in [0.15, 0.2) is 28.8 Å². The van der Waals surface area contributed by atoms with E-state index in [4.69, 9.17) is 9.26 Å². The van der Waals surface area contributed by atoms with Crippen LogP contribution in [0.3, 0.4) is 0 Å². The highest BCUT2D eigenvalue weighted by molar-refractivity contribution is 5.28. The minimum Gasteiger partial charge on any atom is -0.485 e. The monoisotopic (exact) mass is 262 g/mol. The van der Waals surface area contributed by atoms with Crippen molar-refractivity contribution in [1.29, 1.82) is 0 Å². The van der Waals surface area contributed by atoms with Crippen molar-refractivity contribution in [3.63, 3.8) is 0 Å². The molecule has 0 fully saturated rings. The van der Waals surface area contributed by atoms with E-state index in [2.05, 4.69) is 10.1 Å². The molecule has 1 unspecified atom stereocenters. The second-order valence-corrected chi connectivity index (χ2v) is 4.74. The average molecular weight is 262 g/mol. The molecule has 1 atom stereocenters. The third-order valence-electron chi connectivity index (χ3n) is 2.71. The molecule has 0 amide bonds. The van der Waals surface area contributed by atoms with Crippen LogP contribution in [0.25, 0.3) is 0 Å². The first-order valence-electron chi connectivity index (χ1n) is 6.29. The van der Waals surface area contributed by atoms with Crippen LogP contribution in [0.2, 0.25) is 0 Å². The maximum atomic E-state index is 9.40. The Morgan fingerprint density at radius 1 is 1.21 bits per heavy atom. The van der Waals surface area contributed by atoms with E-state index in [0.29, 0.717) is 17.5 Å². The molecule has 0 aliphatic heterocycles. The maximum Gasteiger partial charge on any atom is 0.229 e. The molecule has 0 aliphatic rings. The number of benzene rings is 1. The topological polar surface area (TPSA) is 68.4 Å². The van der Waals surface area contributed by atoms with E-state index in [9.17, 15) is 5.11 Å². The molecule has 2 rings (SSSR count). The van der Waals surface area contributed by atoms with Crippen LogP contribution in [-0.2, 0) is 6.61 Å². The van der Waals surface area contributed by atoms with Crippen molar-refractivity contribution in [3.05, 3.63) is 41.5 Å². The highest BCUT2D eigenvalue weighted by Gasteiger charge is 2.10. The zero-order valence-electron chi connectivity index (χ0n) is 11.3. The van der Waals surface area contributed by atoms with Crippen molar-refractivity contribution in [2.75, 3.05) is 0 Å². The van der Waals surface area contributed by atoms with Crippen molar-refractivity contribution in [2.24, 2.45) is 0 Å². The quantitative estimate of drug-likeness (QED) is 0.897. The summed E-state index contributed by atoms with van der Waals surface area (Å²) >= 11 is 0. The first-order valence-corrected chi connectivity index (χ1v) is 6.29. The molecule has 1 aromatic heterocycles. The number of aliphatic hydroxyl groups excluding tert-OH is 1. The van der Waals surface area contributed by atoms with Crippen LogP contribution in [-0.4, -0.2) is 15.2 Å². The fraction of sp³-hybridized carbons (Fsp3) is 0.429. The fourth-order valence-electron chi connectivity index (χ4n) is 1.55. The lowest BCUT2D eigenvalue weighted by Crippen LogP contribution is -1.98. The molecule has 0 saturated heterocycles. The van der Waals surface area contributed by atoms with Crippen molar-refractivity contribution in [3.8, 4) is 5.75 Å². The molecule has 0 saturated carbocycles. The van der Waals surface area contributed by atoms with E-state index in [-0.39, 0.29) is 12.5 Å². The van der Waals surface area contributed by atoms with Crippen LogP contribution in [0.1, 0.15) is 50.1 Å². The fourth-order valence-corrected chi connectivity index (χ4v) is 1.55. The molecule has 1 N–H and O–H groups in total. The van der Waals surface area contributed by atoms with Crippen LogP contribution in [0.4, 0.5) is 0 Å². The highest BCUT2D eigenvalue weighted by atomic mass is 16.5. The van der Waals surface area contributed by atoms with E-state index < -0.39 is 6.10 Å². The zero-order chi connectivity index (χ0) is 13.8. The molecule has 19 heavy (non-hydrogen) atoms. The minimum absolute atomic E-state index is 0.214. The van der Waals surface area contributed by atoms with Crippen molar-refractivity contribution >= 4 is 0 Å². The largest absolute Gasteiger partial charge is 0.485 e. The Hall–Kier alpha value is -1.88. The van der Waals surface area contributed by atoms with Gasteiger partial charge in [-0.1, -0.05) is 31.1 Å². The summed E-state index contributed by atoms with van der Waals surface area (Å²) in [5.41, 5.74) is 0.856. The molecular formula is C14H18N2O3. The lowest BCUT2D eigenvalue weighted by Gasteiger charge is -2.06. The maximum absolute atomic E-state index is 9.40. The van der Waals surface area contributed by atoms with Gasteiger partial charge in [0, 0.05) is 5.92 Å². The standard InChI is InChI=1S/C14H18N2O3/c1-9(2)14-15-13(16-19-14)8-18-12-6-4-11(5-7-12)10(3)17/h4-7,9-10,17H,8H2,1-3H3. The Morgan fingerprint density at radius 2 is 1.89 bits per heavy atom. The second kappa shape index (κ2) is 5.84. The van der Waals surface area contributed by atoms with E-state index in [0.717, 1.165) is 5.56 Å².